The largest absolute Gasteiger partial charge is 0.491 e. The second kappa shape index (κ2) is 11.4. The van der Waals surface area contributed by atoms with E-state index in [0.29, 0.717) is 18.8 Å². The highest BCUT2D eigenvalue weighted by Crippen LogP contribution is 2.25. The molecule has 0 atom stereocenters. The minimum Gasteiger partial charge on any atom is -0.491 e. The molecule has 0 aliphatic carbocycles. The summed E-state index contributed by atoms with van der Waals surface area (Å²) in [4.78, 5) is 22.5. The molecule has 0 unspecified atom stereocenters. The Kier molecular flexibility index (Phi) is 8.92. The van der Waals surface area contributed by atoms with Crippen molar-refractivity contribution in [3.8, 4) is 11.8 Å². The van der Waals surface area contributed by atoms with Crippen LogP contribution in [-0.2, 0) is 12.8 Å². The van der Waals surface area contributed by atoms with Crippen LogP contribution in [0.3, 0.4) is 0 Å². The third-order valence-electron chi connectivity index (χ3n) is 4.38. The van der Waals surface area contributed by atoms with Gasteiger partial charge in [-0.05, 0) is 43.4 Å². The number of aryl methyl sites for hydroxylation is 3. The summed E-state index contributed by atoms with van der Waals surface area (Å²) in [5, 5.41) is 12.8. The average Bonchev–Trinajstić information content (AvgIpc) is 2.69. The first-order valence-electron chi connectivity index (χ1n) is 9.79. The van der Waals surface area contributed by atoms with Gasteiger partial charge in [0.15, 0.2) is 5.82 Å². The molecule has 1 aromatic carbocycles. The normalized spacial score (nSPS) is 10.6. The van der Waals surface area contributed by atoms with Crippen LogP contribution in [0, 0.1) is 17.0 Å². The van der Waals surface area contributed by atoms with E-state index in [2.05, 4.69) is 46.1 Å². The van der Waals surface area contributed by atoms with Crippen molar-refractivity contribution < 1.29 is 14.7 Å². The number of unbranched alkanes of at least 4 members (excludes halogenated alkanes) is 2. The van der Waals surface area contributed by atoms with Gasteiger partial charge < -0.3 is 10.1 Å². The molecular formula is C20H27ClN4O4. The average molecular weight is 423 g/mol. The summed E-state index contributed by atoms with van der Waals surface area (Å²) in [7, 11) is 0. The van der Waals surface area contributed by atoms with Gasteiger partial charge in [-0.15, -0.1) is 10.1 Å². The molecular weight excluding hydrogens is 396 g/mol. The third kappa shape index (κ3) is 7.05. The maximum Gasteiger partial charge on any atom is 0.311 e. The Hall–Kier alpha value is -2.61. The number of ether oxygens (including phenoxy) is 1. The van der Waals surface area contributed by atoms with Crippen molar-refractivity contribution in [2.24, 2.45) is 0 Å². The standard InChI is InChI=1S/C20H27ClN4O4/c1-4-6-7-8-15-9-10-17(16(5-2)13-15)28-12-11-22-19-18(21)14(3)23-20(24-19)29-25(26)27/h9-10,13H,4-8,11-12H2,1-3H3,(H,22,23,24). The van der Waals surface area contributed by atoms with E-state index < -0.39 is 5.09 Å². The quantitative estimate of drug-likeness (QED) is 0.298. The van der Waals surface area contributed by atoms with Gasteiger partial charge in [-0.2, -0.15) is 4.98 Å². The summed E-state index contributed by atoms with van der Waals surface area (Å²) >= 11 is 6.16. The minimum atomic E-state index is -0.965. The lowest BCUT2D eigenvalue weighted by atomic mass is 10.0. The molecule has 29 heavy (non-hydrogen) atoms. The second-order valence-electron chi connectivity index (χ2n) is 6.60. The number of rotatable bonds is 12. The predicted octanol–water partition coefficient (Wildman–Crippen LogP) is 4.79. The monoisotopic (exact) mass is 422 g/mol. The van der Waals surface area contributed by atoms with Crippen molar-refractivity contribution in [1.82, 2.24) is 9.97 Å². The molecule has 2 rings (SSSR count). The number of benzene rings is 1. The second-order valence-corrected chi connectivity index (χ2v) is 6.98. The molecule has 0 saturated carbocycles. The first-order valence-corrected chi connectivity index (χ1v) is 10.2. The maximum atomic E-state index is 10.5. The van der Waals surface area contributed by atoms with Crippen molar-refractivity contribution in [2.75, 3.05) is 18.5 Å². The molecule has 0 aliphatic rings. The number of anilines is 1. The van der Waals surface area contributed by atoms with Crippen LogP contribution in [-0.4, -0.2) is 28.2 Å². The van der Waals surface area contributed by atoms with Gasteiger partial charge in [-0.3, -0.25) is 0 Å². The van der Waals surface area contributed by atoms with Crippen molar-refractivity contribution in [1.29, 1.82) is 0 Å². The van der Waals surface area contributed by atoms with Crippen LogP contribution in [0.5, 0.6) is 11.8 Å². The predicted molar refractivity (Wildman–Crippen MR) is 112 cm³/mol. The smallest absolute Gasteiger partial charge is 0.311 e. The topological polar surface area (TPSA) is 99.4 Å². The van der Waals surface area contributed by atoms with E-state index in [1.807, 2.05) is 6.07 Å². The zero-order valence-electron chi connectivity index (χ0n) is 17.0. The molecule has 0 aliphatic heterocycles. The Morgan fingerprint density at radius 1 is 1.24 bits per heavy atom. The van der Waals surface area contributed by atoms with Crippen molar-refractivity contribution in [3.63, 3.8) is 0 Å². The Morgan fingerprint density at radius 3 is 2.72 bits per heavy atom. The van der Waals surface area contributed by atoms with Gasteiger partial charge in [0.2, 0.25) is 0 Å². The van der Waals surface area contributed by atoms with E-state index in [0.717, 1.165) is 18.6 Å². The molecule has 1 N–H and O–H groups in total. The fourth-order valence-electron chi connectivity index (χ4n) is 2.87. The minimum absolute atomic E-state index is 0.265. The SMILES string of the molecule is CCCCCc1ccc(OCCNc2nc(O[N+](=O)[O-])nc(C)c2Cl)c(CC)c1. The number of nitrogens with zero attached hydrogens (tertiary/aromatic N) is 3. The highest BCUT2D eigenvalue weighted by atomic mass is 35.5. The Labute approximate surface area is 175 Å². The molecule has 2 aromatic rings. The summed E-state index contributed by atoms with van der Waals surface area (Å²) in [6.07, 6.45) is 5.63. The summed E-state index contributed by atoms with van der Waals surface area (Å²) in [5.41, 5.74) is 2.90. The van der Waals surface area contributed by atoms with E-state index in [1.165, 1.54) is 30.4 Å². The zero-order chi connectivity index (χ0) is 21.2. The van der Waals surface area contributed by atoms with Gasteiger partial charge in [0.05, 0.1) is 12.2 Å². The molecule has 9 heteroatoms. The van der Waals surface area contributed by atoms with Crippen LogP contribution in [0.25, 0.3) is 0 Å². The van der Waals surface area contributed by atoms with Gasteiger partial charge in [-0.25, -0.2) is 9.82 Å². The summed E-state index contributed by atoms with van der Waals surface area (Å²) in [5.74, 6) is 1.12. The Balaban J connectivity index is 1.93. The third-order valence-corrected chi connectivity index (χ3v) is 4.83. The lowest BCUT2D eigenvalue weighted by molar-refractivity contribution is -0.713. The zero-order valence-corrected chi connectivity index (χ0v) is 17.8. The molecule has 0 amide bonds. The van der Waals surface area contributed by atoms with Gasteiger partial charge in [0.25, 0.3) is 0 Å². The molecule has 0 bridgehead atoms. The molecule has 158 valence electrons. The van der Waals surface area contributed by atoms with E-state index >= 15 is 0 Å². The van der Waals surface area contributed by atoms with E-state index in [9.17, 15) is 10.1 Å². The van der Waals surface area contributed by atoms with E-state index in [4.69, 9.17) is 16.3 Å². The first kappa shape index (κ1) is 22.7. The fraction of sp³-hybridized carbons (Fsp3) is 0.500. The summed E-state index contributed by atoms with van der Waals surface area (Å²) < 4.78 is 5.91. The van der Waals surface area contributed by atoms with Crippen LogP contribution >= 0.6 is 11.6 Å². The number of halogens is 1. The van der Waals surface area contributed by atoms with Gasteiger partial charge in [-0.1, -0.05) is 50.4 Å². The van der Waals surface area contributed by atoms with Crippen LogP contribution < -0.4 is 14.9 Å². The number of hydrogen-bond acceptors (Lipinski definition) is 7. The van der Waals surface area contributed by atoms with Crippen molar-refractivity contribution in [3.05, 3.63) is 50.2 Å². The lowest BCUT2D eigenvalue weighted by Crippen LogP contribution is -2.15. The van der Waals surface area contributed by atoms with Crippen molar-refractivity contribution >= 4 is 17.4 Å². The first-order chi connectivity index (χ1) is 13.9. The summed E-state index contributed by atoms with van der Waals surface area (Å²) in [6.45, 7) is 6.72. The molecule has 8 nitrogen and oxygen atoms in total. The number of nitrogens with one attached hydrogen (secondary N) is 1. The Bertz CT molecular complexity index is 832. The summed E-state index contributed by atoms with van der Waals surface area (Å²) in [6, 6.07) is 5.98. The highest BCUT2D eigenvalue weighted by Gasteiger charge is 2.12. The number of hydrogen-bond donors (Lipinski definition) is 1. The van der Waals surface area contributed by atoms with Crippen LogP contribution in [0.15, 0.2) is 18.2 Å². The van der Waals surface area contributed by atoms with Crippen molar-refractivity contribution in [2.45, 2.75) is 52.9 Å². The number of aromatic nitrogens is 2. The molecule has 0 fully saturated rings. The molecule has 1 heterocycles. The highest BCUT2D eigenvalue weighted by molar-refractivity contribution is 6.33. The molecule has 1 aromatic heterocycles. The molecule has 0 spiro atoms. The Morgan fingerprint density at radius 2 is 2.03 bits per heavy atom. The van der Waals surface area contributed by atoms with Gasteiger partial charge in [0.1, 0.15) is 17.4 Å². The van der Waals surface area contributed by atoms with Gasteiger partial charge in [0, 0.05) is 0 Å². The van der Waals surface area contributed by atoms with Gasteiger partial charge >= 0.3 is 11.1 Å². The van der Waals surface area contributed by atoms with E-state index in [1.54, 1.807) is 6.92 Å². The van der Waals surface area contributed by atoms with Crippen LogP contribution in [0.4, 0.5) is 5.82 Å². The maximum absolute atomic E-state index is 10.5. The van der Waals surface area contributed by atoms with Crippen LogP contribution in [0.1, 0.15) is 49.9 Å². The van der Waals surface area contributed by atoms with Crippen LogP contribution in [0.2, 0.25) is 5.02 Å². The molecule has 0 saturated heterocycles. The van der Waals surface area contributed by atoms with E-state index in [-0.39, 0.29) is 16.9 Å². The lowest BCUT2D eigenvalue weighted by Gasteiger charge is -2.14. The fourth-order valence-corrected chi connectivity index (χ4v) is 3.02. The molecule has 0 radical (unpaired) electrons.